The predicted octanol–water partition coefficient (Wildman–Crippen LogP) is 4.01. The summed E-state index contributed by atoms with van der Waals surface area (Å²) in [6, 6.07) is 13.4. The predicted molar refractivity (Wildman–Crippen MR) is 97.0 cm³/mol. The van der Waals surface area contributed by atoms with Crippen LogP contribution in [0, 0.1) is 6.92 Å². The van der Waals surface area contributed by atoms with Crippen LogP contribution in [-0.2, 0) is 16.1 Å². The summed E-state index contributed by atoms with van der Waals surface area (Å²) in [5.41, 5.74) is 2.92. The smallest absolute Gasteiger partial charge is 0.303 e. The molecule has 0 aliphatic carbocycles. The van der Waals surface area contributed by atoms with E-state index in [-0.39, 0.29) is 12.6 Å². The molecule has 0 amide bonds. The number of esters is 1. The molecule has 0 saturated carbocycles. The van der Waals surface area contributed by atoms with Crippen molar-refractivity contribution >= 4 is 28.6 Å². The van der Waals surface area contributed by atoms with Gasteiger partial charge in [-0.2, -0.15) is 0 Å². The molecular formula is C19H19ClN2O3. The quantitative estimate of drug-likeness (QED) is 0.625. The highest BCUT2D eigenvalue weighted by atomic mass is 35.5. The zero-order valence-corrected chi connectivity index (χ0v) is 14.9. The molecule has 130 valence electrons. The van der Waals surface area contributed by atoms with E-state index in [1.807, 2.05) is 47.9 Å². The normalized spacial score (nSPS) is 12.1. The highest BCUT2D eigenvalue weighted by molar-refractivity contribution is 6.32. The Hall–Kier alpha value is -2.53. The van der Waals surface area contributed by atoms with E-state index >= 15 is 0 Å². The fraction of sp³-hybridized carbons (Fsp3) is 0.263. The summed E-state index contributed by atoms with van der Waals surface area (Å²) in [6.45, 7) is 4.00. The molecule has 3 aromatic rings. The molecule has 6 heteroatoms. The Balaban J connectivity index is 1.75. The van der Waals surface area contributed by atoms with Crippen LogP contribution in [0.3, 0.4) is 0 Å². The third-order valence-corrected chi connectivity index (χ3v) is 4.08. The number of ether oxygens (including phenoxy) is 2. The largest absolute Gasteiger partial charge is 0.488 e. The van der Waals surface area contributed by atoms with Gasteiger partial charge >= 0.3 is 5.97 Å². The molecule has 0 saturated heterocycles. The summed E-state index contributed by atoms with van der Waals surface area (Å²) >= 11 is 6.16. The number of hydrogen-bond acceptors (Lipinski definition) is 4. The zero-order valence-electron chi connectivity index (χ0n) is 14.1. The molecular weight excluding hydrogens is 340 g/mol. The number of nitrogens with zero attached hydrogens (tertiary/aromatic N) is 2. The lowest BCUT2D eigenvalue weighted by molar-refractivity contribution is -0.148. The Morgan fingerprint density at radius 2 is 2.08 bits per heavy atom. The molecule has 0 spiro atoms. The average Bonchev–Trinajstić information content (AvgIpc) is 2.98. The second-order valence-corrected chi connectivity index (χ2v) is 6.27. The summed E-state index contributed by atoms with van der Waals surface area (Å²) < 4.78 is 13.2. The van der Waals surface area contributed by atoms with Crippen molar-refractivity contribution in [3.8, 4) is 5.75 Å². The minimum absolute atomic E-state index is 0.204. The van der Waals surface area contributed by atoms with Gasteiger partial charge < -0.3 is 14.0 Å². The van der Waals surface area contributed by atoms with Crippen LogP contribution in [0.2, 0.25) is 5.02 Å². The number of imidazole rings is 1. The van der Waals surface area contributed by atoms with E-state index in [1.54, 1.807) is 12.4 Å². The molecule has 0 aliphatic rings. The number of hydrogen-bond donors (Lipinski definition) is 0. The van der Waals surface area contributed by atoms with Gasteiger partial charge in [-0.05, 0) is 36.8 Å². The monoisotopic (exact) mass is 358 g/mol. The number of carbonyl (C=O) groups is 1. The number of fused-ring (bicyclic) bond motifs is 1. The van der Waals surface area contributed by atoms with Gasteiger partial charge in [-0.15, -0.1) is 0 Å². The summed E-state index contributed by atoms with van der Waals surface area (Å²) in [5, 5.41) is 0.528. The first kappa shape index (κ1) is 17.3. The van der Waals surface area contributed by atoms with E-state index in [0.717, 1.165) is 16.6 Å². The fourth-order valence-electron chi connectivity index (χ4n) is 2.64. The van der Waals surface area contributed by atoms with Crippen molar-refractivity contribution in [2.75, 3.05) is 6.61 Å². The summed E-state index contributed by atoms with van der Waals surface area (Å²) in [4.78, 5) is 15.8. The van der Waals surface area contributed by atoms with Crippen molar-refractivity contribution in [3.05, 3.63) is 59.4 Å². The van der Waals surface area contributed by atoms with Crippen LogP contribution in [0.1, 0.15) is 12.5 Å². The van der Waals surface area contributed by atoms with Crippen LogP contribution in [-0.4, -0.2) is 28.2 Å². The number of para-hydroxylation sites is 2. The number of rotatable bonds is 6. The first-order chi connectivity index (χ1) is 12.0. The fourth-order valence-corrected chi connectivity index (χ4v) is 2.81. The van der Waals surface area contributed by atoms with Crippen LogP contribution >= 0.6 is 11.6 Å². The van der Waals surface area contributed by atoms with Gasteiger partial charge in [0.2, 0.25) is 0 Å². The standard InChI is InChI=1S/C19H19ClN2O3/c1-13-7-8-16(20)19(9-13)24-11-15(25-14(2)23)10-22-12-21-17-5-3-4-6-18(17)22/h3-9,12,15H,10-11H2,1-2H3. The van der Waals surface area contributed by atoms with Crippen molar-refractivity contribution in [3.63, 3.8) is 0 Å². The average molecular weight is 359 g/mol. The van der Waals surface area contributed by atoms with Crippen molar-refractivity contribution in [2.24, 2.45) is 0 Å². The number of aromatic nitrogens is 2. The van der Waals surface area contributed by atoms with Crippen molar-refractivity contribution in [1.29, 1.82) is 0 Å². The maximum absolute atomic E-state index is 11.4. The van der Waals surface area contributed by atoms with Crippen LogP contribution in [0.5, 0.6) is 5.75 Å². The maximum atomic E-state index is 11.4. The maximum Gasteiger partial charge on any atom is 0.303 e. The molecule has 0 bridgehead atoms. The van der Waals surface area contributed by atoms with Gasteiger partial charge in [-0.3, -0.25) is 4.79 Å². The molecule has 1 atom stereocenters. The summed E-state index contributed by atoms with van der Waals surface area (Å²) in [6.07, 6.45) is 1.28. The topological polar surface area (TPSA) is 53.4 Å². The SMILES string of the molecule is CC(=O)OC(COc1cc(C)ccc1Cl)Cn1cnc2ccccc21. The molecule has 2 aromatic carbocycles. The minimum Gasteiger partial charge on any atom is -0.488 e. The van der Waals surface area contributed by atoms with Crippen molar-refractivity contribution in [2.45, 2.75) is 26.5 Å². The van der Waals surface area contributed by atoms with Crippen LogP contribution < -0.4 is 4.74 Å². The molecule has 0 radical (unpaired) electrons. The molecule has 0 aliphatic heterocycles. The lowest BCUT2D eigenvalue weighted by Crippen LogP contribution is -2.28. The Morgan fingerprint density at radius 1 is 1.28 bits per heavy atom. The molecule has 1 heterocycles. The van der Waals surface area contributed by atoms with E-state index in [1.165, 1.54) is 6.92 Å². The lowest BCUT2D eigenvalue weighted by Gasteiger charge is -2.19. The second kappa shape index (κ2) is 7.57. The molecule has 1 aromatic heterocycles. The third-order valence-electron chi connectivity index (χ3n) is 3.77. The molecule has 0 N–H and O–H groups in total. The Morgan fingerprint density at radius 3 is 2.88 bits per heavy atom. The zero-order chi connectivity index (χ0) is 17.8. The first-order valence-corrected chi connectivity index (χ1v) is 8.37. The van der Waals surface area contributed by atoms with Crippen LogP contribution in [0.25, 0.3) is 11.0 Å². The van der Waals surface area contributed by atoms with Gasteiger partial charge in [0.1, 0.15) is 12.4 Å². The van der Waals surface area contributed by atoms with Gasteiger partial charge in [0.15, 0.2) is 6.10 Å². The molecule has 1 unspecified atom stereocenters. The first-order valence-electron chi connectivity index (χ1n) is 7.99. The van der Waals surface area contributed by atoms with E-state index in [4.69, 9.17) is 21.1 Å². The van der Waals surface area contributed by atoms with E-state index in [0.29, 0.717) is 17.3 Å². The number of halogens is 1. The highest BCUT2D eigenvalue weighted by Crippen LogP contribution is 2.25. The van der Waals surface area contributed by atoms with E-state index in [2.05, 4.69) is 4.98 Å². The van der Waals surface area contributed by atoms with Gasteiger partial charge in [0.25, 0.3) is 0 Å². The van der Waals surface area contributed by atoms with E-state index < -0.39 is 6.10 Å². The van der Waals surface area contributed by atoms with Crippen LogP contribution in [0.15, 0.2) is 48.8 Å². The Bertz CT molecular complexity index is 891. The van der Waals surface area contributed by atoms with Gasteiger partial charge in [-0.1, -0.05) is 29.8 Å². The van der Waals surface area contributed by atoms with Gasteiger partial charge in [0.05, 0.1) is 28.9 Å². The number of aryl methyl sites for hydroxylation is 1. The molecule has 5 nitrogen and oxygen atoms in total. The van der Waals surface area contributed by atoms with Crippen molar-refractivity contribution < 1.29 is 14.3 Å². The van der Waals surface area contributed by atoms with Gasteiger partial charge in [0, 0.05) is 6.92 Å². The summed E-state index contributed by atoms with van der Waals surface area (Å²) in [5.74, 6) is 0.225. The Kier molecular flexibility index (Phi) is 5.24. The minimum atomic E-state index is -0.452. The third kappa shape index (κ3) is 4.31. The van der Waals surface area contributed by atoms with Crippen LogP contribution in [0.4, 0.5) is 0 Å². The van der Waals surface area contributed by atoms with Gasteiger partial charge in [-0.25, -0.2) is 4.98 Å². The second-order valence-electron chi connectivity index (χ2n) is 5.86. The summed E-state index contributed by atoms with van der Waals surface area (Å²) in [7, 11) is 0. The Labute approximate surface area is 151 Å². The highest BCUT2D eigenvalue weighted by Gasteiger charge is 2.16. The number of carbonyl (C=O) groups excluding carboxylic acids is 1. The lowest BCUT2D eigenvalue weighted by atomic mass is 10.2. The van der Waals surface area contributed by atoms with Crippen molar-refractivity contribution in [1.82, 2.24) is 9.55 Å². The molecule has 3 rings (SSSR count). The van der Waals surface area contributed by atoms with E-state index in [9.17, 15) is 4.79 Å². The molecule has 25 heavy (non-hydrogen) atoms. The molecule has 0 fully saturated rings. The number of benzene rings is 2.